The number of para-hydroxylation sites is 1. The summed E-state index contributed by atoms with van der Waals surface area (Å²) in [5, 5.41) is 4.05. The molecule has 1 aromatic heterocycles. The first-order valence-corrected chi connectivity index (χ1v) is 9.16. The van der Waals surface area contributed by atoms with Crippen LogP contribution in [0.5, 0.6) is 0 Å². The molecule has 2 aromatic carbocycles. The smallest absolute Gasteiger partial charge is 0.375 e. The van der Waals surface area contributed by atoms with Gasteiger partial charge in [-0.2, -0.15) is 0 Å². The summed E-state index contributed by atoms with van der Waals surface area (Å²) in [4.78, 5) is 25.4. The number of nitrogens with one attached hydrogen (secondary N) is 1. The van der Waals surface area contributed by atoms with Crippen LogP contribution in [-0.4, -0.2) is 17.9 Å². The summed E-state index contributed by atoms with van der Waals surface area (Å²) in [6.07, 6.45) is 0.854. The van der Waals surface area contributed by atoms with Gasteiger partial charge in [0.05, 0.1) is 5.02 Å². The molecule has 1 N–H and O–H groups in total. The molecule has 1 saturated carbocycles. The number of rotatable bonds is 5. The minimum Gasteiger partial charge on any atom is -0.447 e. The van der Waals surface area contributed by atoms with Gasteiger partial charge >= 0.3 is 5.97 Å². The molecule has 4 rings (SSSR count). The van der Waals surface area contributed by atoms with Crippen LogP contribution in [0.1, 0.15) is 40.6 Å². The van der Waals surface area contributed by atoms with Crippen LogP contribution in [0.15, 0.2) is 52.9 Å². The number of esters is 1. The zero-order valence-corrected chi connectivity index (χ0v) is 15.5. The van der Waals surface area contributed by atoms with Crippen molar-refractivity contribution in [2.24, 2.45) is 0 Å². The van der Waals surface area contributed by atoms with Crippen molar-refractivity contribution in [3.05, 3.63) is 70.4 Å². The first kappa shape index (κ1) is 17.6. The Kier molecular flexibility index (Phi) is 4.62. The van der Waals surface area contributed by atoms with Gasteiger partial charge in [0, 0.05) is 22.6 Å². The summed E-state index contributed by atoms with van der Waals surface area (Å²) >= 11 is 6.15. The molecular formula is C21H18ClNO4. The van der Waals surface area contributed by atoms with E-state index < -0.39 is 12.1 Å². The number of carbonyl (C=O) groups is 2. The second kappa shape index (κ2) is 7.08. The van der Waals surface area contributed by atoms with Crippen molar-refractivity contribution in [2.75, 3.05) is 0 Å². The molecule has 1 heterocycles. The molecule has 3 aromatic rings. The molecule has 27 heavy (non-hydrogen) atoms. The molecule has 0 saturated heterocycles. The molecule has 1 aliphatic carbocycles. The molecule has 1 amide bonds. The molecule has 5 nitrogen and oxygen atoms in total. The van der Waals surface area contributed by atoms with Crippen molar-refractivity contribution in [1.82, 2.24) is 5.32 Å². The van der Waals surface area contributed by atoms with Gasteiger partial charge in [-0.1, -0.05) is 54.1 Å². The number of ether oxygens (including phenoxy) is 1. The summed E-state index contributed by atoms with van der Waals surface area (Å²) in [6.45, 7) is 1.76. The van der Waals surface area contributed by atoms with Gasteiger partial charge in [0.25, 0.3) is 5.91 Å². The fourth-order valence-electron chi connectivity index (χ4n) is 2.97. The Hall–Kier alpha value is -2.79. The largest absolute Gasteiger partial charge is 0.447 e. The Balaban J connectivity index is 1.64. The maximum absolute atomic E-state index is 12.8. The first-order chi connectivity index (χ1) is 13.0. The van der Waals surface area contributed by atoms with Gasteiger partial charge < -0.3 is 14.5 Å². The van der Waals surface area contributed by atoms with Gasteiger partial charge in [-0.3, -0.25) is 4.79 Å². The maximum atomic E-state index is 12.8. The lowest BCUT2D eigenvalue weighted by atomic mass is 10.1. The van der Waals surface area contributed by atoms with Gasteiger partial charge in [-0.15, -0.1) is 0 Å². The van der Waals surface area contributed by atoms with E-state index in [4.69, 9.17) is 20.8 Å². The number of benzene rings is 2. The van der Waals surface area contributed by atoms with Gasteiger partial charge in [0.1, 0.15) is 0 Å². The SMILES string of the molecule is Cc1c(C(=O)OC(C(=O)NC2CC2)c2ccccc2)oc2c(Cl)cccc12. The Morgan fingerprint density at radius 1 is 1.15 bits per heavy atom. The predicted octanol–water partition coefficient (Wildman–Crippen LogP) is 4.57. The lowest BCUT2D eigenvalue weighted by Crippen LogP contribution is -2.33. The number of fused-ring (bicyclic) bond motifs is 1. The van der Waals surface area contributed by atoms with E-state index in [1.54, 1.807) is 43.3 Å². The van der Waals surface area contributed by atoms with E-state index in [1.165, 1.54) is 0 Å². The average Bonchev–Trinajstić information content (AvgIpc) is 3.42. The third-order valence-electron chi connectivity index (χ3n) is 4.59. The van der Waals surface area contributed by atoms with E-state index in [-0.39, 0.29) is 17.7 Å². The average molecular weight is 384 g/mol. The van der Waals surface area contributed by atoms with Crippen molar-refractivity contribution < 1.29 is 18.7 Å². The number of hydrogen-bond acceptors (Lipinski definition) is 4. The van der Waals surface area contributed by atoms with Crippen LogP contribution in [0.2, 0.25) is 5.02 Å². The molecule has 6 heteroatoms. The zero-order chi connectivity index (χ0) is 19.0. The molecule has 1 unspecified atom stereocenters. The minimum atomic E-state index is -1.04. The standard InChI is InChI=1S/C21H18ClNO4/c1-12-15-8-5-9-16(22)19(15)26-17(12)21(25)27-18(13-6-3-2-4-7-13)20(24)23-14-10-11-14/h2-9,14,18H,10-11H2,1H3,(H,23,24). The van der Waals surface area contributed by atoms with E-state index in [0.29, 0.717) is 21.7 Å². The highest BCUT2D eigenvalue weighted by Crippen LogP contribution is 2.32. The summed E-state index contributed by atoms with van der Waals surface area (Å²) in [7, 11) is 0. The molecular weight excluding hydrogens is 366 g/mol. The number of hydrogen-bond donors (Lipinski definition) is 1. The molecule has 0 aliphatic heterocycles. The second-order valence-corrected chi connectivity index (χ2v) is 7.06. The molecule has 0 spiro atoms. The Labute approximate surface area is 161 Å². The molecule has 0 radical (unpaired) electrons. The molecule has 138 valence electrons. The normalized spacial score (nSPS) is 14.7. The topological polar surface area (TPSA) is 68.5 Å². The highest BCUT2D eigenvalue weighted by atomic mass is 35.5. The highest BCUT2D eigenvalue weighted by molar-refractivity contribution is 6.35. The third kappa shape index (κ3) is 3.55. The van der Waals surface area contributed by atoms with Crippen LogP contribution >= 0.6 is 11.6 Å². The van der Waals surface area contributed by atoms with Crippen LogP contribution in [-0.2, 0) is 9.53 Å². The van der Waals surface area contributed by atoms with Crippen LogP contribution in [0.3, 0.4) is 0 Å². The minimum absolute atomic E-state index is 0.0539. The maximum Gasteiger partial charge on any atom is 0.375 e. The highest BCUT2D eigenvalue weighted by Gasteiger charge is 2.32. The van der Waals surface area contributed by atoms with Gasteiger partial charge in [0.2, 0.25) is 11.9 Å². The van der Waals surface area contributed by atoms with Crippen LogP contribution < -0.4 is 5.32 Å². The Bertz CT molecular complexity index is 1010. The summed E-state index contributed by atoms with van der Waals surface area (Å²) in [5.41, 5.74) is 1.67. The lowest BCUT2D eigenvalue weighted by molar-refractivity contribution is -0.130. The van der Waals surface area contributed by atoms with Crippen LogP contribution in [0, 0.1) is 6.92 Å². The third-order valence-corrected chi connectivity index (χ3v) is 4.89. The van der Waals surface area contributed by atoms with Crippen LogP contribution in [0.25, 0.3) is 11.0 Å². The van der Waals surface area contributed by atoms with E-state index in [0.717, 1.165) is 18.2 Å². The number of halogens is 1. The van der Waals surface area contributed by atoms with Crippen LogP contribution in [0.4, 0.5) is 0 Å². The monoisotopic (exact) mass is 383 g/mol. The Morgan fingerprint density at radius 2 is 1.89 bits per heavy atom. The van der Waals surface area contributed by atoms with Crippen molar-refractivity contribution in [1.29, 1.82) is 0 Å². The molecule has 0 bridgehead atoms. The number of aryl methyl sites for hydroxylation is 1. The van der Waals surface area contributed by atoms with Crippen molar-refractivity contribution in [2.45, 2.75) is 31.9 Å². The van der Waals surface area contributed by atoms with E-state index >= 15 is 0 Å². The molecule has 1 fully saturated rings. The summed E-state index contributed by atoms with van der Waals surface area (Å²) < 4.78 is 11.2. The van der Waals surface area contributed by atoms with Gasteiger partial charge in [-0.05, 0) is 25.8 Å². The number of carbonyl (C=O) groups excluding carboxylic acids is 2. The fourth-order valence-corrected chi connectivity index (χ4v) is 3.18. The predicted molar refractivity (Wildman–Crippen MR) is 102 cm³/mol. The lowest BCUT2D eigenvalue weighted by Gasteiger charge is -2.17. The van der Waals surface area contributed by atoms with Gasteiger partial charge in [-0.25, -0.2) is 4.79 Å². The summed E-state index contributed by atoms with van der Waals surface area (Å²) in [6, 6.07) is 14.4. The van der Waals surface area contributed by atoms with Gasteiger partial charge in [0.15, 0.2) is 5.58 Å². The number of amides is 1. The molecule has 1 aliphatic rings. The first-order valence-electron chi connectivity index (χ1n) is 8.78. The summed E-state index contributed by atoms with van der Waals surface area (Å²) in [5.74, 6) is -0.971. The Morgan fingerprint density at radius 3 is 2.56 bits per heavy atom. The van der Waals surface area contributed by atoms with Crippen molar-refractivity contribution in [3.63, 3.8) is 0 Å². The fraction of sp³-hybridized carbons (Fsp3) is 0.238. The molecule has 1 atom stereocenters. The zero-order valence-electron chi connectivity index (χ0n) is 14.7. The quantitative estimate of drug-likeness (QED) is 0.655. The van der Waals surface area contributed by atoms with Crippen molar-refractivity contribution >= 4 is 34.4 Å². The van der Waals surface area contributed by atoms with E-state index in [2.05, 4.69) is 5.32 Å². The number of furan rings is 1. The van der Waals surface area contributed by atoms with E-state index in [9.17, 15) is 9.59 Å². The van der Waals surface area contributed by atoms with Crippen molar-refractivity contribution in [3.8, 4) is 0 Å². The second-order valence-electron chi connectivity index (χ2n) is 6.65. The van der Waals surface area contributed by atoms with E-state index in [1.807, 2.05) is 12.1 Å².